The van der Waals surface area contributed by atoms with Crippen molar-refractivity contribution in [2.24, 2.45) is 0 Å². The molecule has 188 valence electrons. The molecule has 2 aliphatic heterocycles. The van der Waals surface area contributed by atoms with Gasteiger partial charge in [0.15, 0.2) is 11.3 Å². The Morgan fingerprint density at radius 2 is 1.83 bits per heavy atom. The number of benzene rings is 1. The van der Waals surface area contributed by atoms with Gasteiger partial charge in [-0.15, -0.1) is 0 Å². The van der Waals surface area contributed by atoms with Gasteiger partial charge in [-0.25, -0.2) is 4.79 Å². The van der Waals surface area contributed by atoms with Crippen LogP contribution in [0.5, 0.6) is 0 Å². The highest BCUT2D eigenvalue weighted by atomic mass is 16.4. The Morgan fingerprint density at radius 1 is 1.14 bits per heavy atom. The number of aliphatic carboxylic acids is 1. The van der Waals surface area contributed by atoms with Gasteiger partial charge < -0.3 is 26.0 Å². The molecule has 2 saturated heterocycles. The minimum absolute atomic E-state index is 0.00235. The van der Waals surface area contributed by atoms with Crippen LogP contribution in [-0.2, 0) is 35.2 Å². The van der Waals surface area contributed by atoms with Crippen molar-refractivity contribution >= 4 is 35.4 Å². The number of piperidine rings is 1. The highest BCUT2D eigenvalue weighted by molar-refractivity contribution is 6.15. The molecule has 11 nitrogen and oxygen atoms in total. The van der Waals surface area contributed by atoms with E-state index in [1.807, 2.05) is 0 Å². The molecule has 4 atom stereocenters. The number of ketones is 1. The van der Waals surface area contributed by atoms with Gasteiger partial charge in [-0.2, -0.15) is 0 Å². The fourth-order valence-electron chi connectivity index (χ4n) is 4.34. The minimum Gasteiger partial charge on any atom is -0.480 e. The molecule has 0 radical (unpaired) electrons. The number of hydrogen-bond acceptors (Lipinski definition) is 6. The molecule has 0 aliphatic carbocycles. The molecule has 0 aromatic heterocycles. The van der Waals surface area contributed by atoms with Gasteiger partial charge in [0, 0.05) is 25.8 Å². The normalized spacial score (nSPS) is 23.7. The van der Waals surface area contributed by atoms with E-state index in [1.54, 1.807) is 30.3 Å². The number of nitrogens with zero attached hydrogens (tertiary/aromatic N) is 1. The molecule has 0 unspecified atom stereocenters. The number of carbonyl (C=O) groups excluding carboxylic acids is 5. The van der Waals surface area contributed by atoms with Crippen LogP contribution in [0.1, 0.15) is 45.1 Å². The van der Waals surface area contributed by atoms with Crippen LogP contribution in [0.15, 0.2) is 30.3 Å². The van der Waals surface area contributed by atoms with Gasteiger partial charge >= 0.3 is 5.97 Å². The number of amides is 4. The number of Topliss-reactive ketones (excluding diaryl/α,β-unsaturated/α-hetero) is 1. The Hall–Kier alpha value is -3.76. The molecule has 2 fully saturated rings. The molecule has 0 spiro atoms. The van der Waals surface area contributed by atoms with Crippen LogP contribution in [-0.4, -0.2) is 75.6 Å². The summed E-state index contributed by atoms with van der Waals surface area (Å²) in [4.78, 5) is 75.8. The fraction of sp³-hybridized carbons (Fsp3) is 0.500. The zero-order chi connectivity index (χ0) is 25.8. The average molecular weight is 487 g/mol. The van der Waals surface area contributed by atoms with Crippen molar-refractivity contribution in [3.8, 4) is 0 Å². The number of carboxylic acid groups (broad SMARTS) is 1. The molecule has 3 rings (SSSR count). The highest BCUT2D eigenvalue weighted by Crippen LogP contribution is 2.20. The number of likely N-dealkylation sites (tertiary alicyclic amines) is 1. The van der Waals surface area contributed by atoms with E-state index in [9.17, 15) is 33.9 Å². The lowest BCUT2D eigenvalue weighted by Gasteiger charge is -2.33. The van der Waals surface area contributed by atoms with Crippen LogP contribution in [0.25, 0.3) is 0 Å². The number of carboxylic acids is 1. The maximum absolute atomic E-state index is 13.1. The zero-order valence-electron chi connectivity index (χ0n) is 19.7. The first kappa shape index (κ1) is 25.9. The number of carbonyl (C=O) groups is 6. The largest absolute Gasteiger partial charge is 0.480 e. The Morgan fingerprint density at radius 3 is 2.49 bits per heavy atom. The summed E-state index contributed by atoms with van der Waals surface area (Å²) in [5, 5.41) is 17.0. The maximum Gasteiger partial charge on any atom is 0.326 e. The lowest BCUT2D eigenvalue weighted by atomic mass is 9.88. The predicted octanol–water partition coefficient (Wildman–Crippen LogP) is -0.468. The van der Waals surface area contributed by atoms with E-state index in [0.717, 1.165) is 5.56 Å². The fourth-order valence-corrected chi connectivity index (χ4v) is 4.34. The Bertz CT molecular complexity index is 1030. The molecule has 11 heteroatoms. The molecule has 2 heterocycles. The monoisotopic (exact) mass is 486 g/mol. The van der Waals surface area contributed by atoms with Gasteiger partial charge in [0.05, 0.1) is 0 Å². The Balaban J connectivity index is 1.64. The van der Waals surface area contributed by atoms with Crippen LogP contribution in [0.4, 0.5) is 0 Å². The average Bonchev–Trinajstić information content (AvgIpc) is 3.31. The third kappa shape index (κ3) is 5.84. The predicted molar refractivity (Wildman–Crippen MR) is 123 cm³/mol. The highest BCUT2D eigenvalue weighted by Gasteiger charge is 2.46. The first-order chi connectivity index (χ1) is 16.5. The topological polar surface area (TPSA) is 162 Å². The Kier molecular flexibility index (Phi) is 7.88. The summed E-state index contributed by atoms with van der Waals surface area (Å²) in [5.74, 6) is -3.99. The Labute approximate surface area is 202 Å². The van der Waals surface area contributed by atoms with E-state index in [1.165, 1.54) is 18.7 Å². The summed E-state index contributed by atoms with van der Waals surface area (Å²) in [6.07, 6.45) is 0.908. The summed E-state index contributed by atoms with van der Waals surface area (Å²) < 4.78 is 0. The van der Waals surface area contributed by atoms with E-state index in [4.69, 9.17) is 0 Å². The molecule has 1 aromatic rings. The standard InChI is InChI=1S/C24H30N4O7/c1-14(25-23(35)24(2)18(29)10-11-19(30)27-24)21(32)28-12-6-9-17(28)20(31)26-16(22(33)34)13-15-7-4-3-5-8-15/h3-5,7-8,14,16-17H,6,9-13H2,1-2H3,(H,25,35)(H,26,31)(H,27,30)(H,33,34)/t14-,16-,17-,24+/m0/s1. The molecule has 0 saturated carbocycles. The van der Waals surface area contributed by atoms with E-state index in [-0.39, 0.29) is 25.8 Å². The van der Waals surface area contributed by atoms with Crippen molar-refractivity contribution in [3.05, 3.63) is 35.9 Å². The summed E-state index contributed by atoms with van der Waals surface area (Å²) in [6.45, 7) is 2.99. The van der Waals surface area contributed by atoms with Crippen molar-refractivity contribution in [1.29, 1.82) is 0 Å². The van der Waals surface area contributed by atoms with Crippen molar-refractivity contribution in [3.63, 3.8) is 0 Å². The molecule has 4 N–H and O–H groups in total. The third-order valence-electron chi connectivity index (χ3n) is 6.43. The lowest BCUT2D eigenvalue weighted by Crippen LogP contribution is -2.66. The van der Waals surface area contributed by atoms with E-state index >= 15 is 0 Å². The summed E-state index contributed by atoms with van der Waals surface area (Å²) in [6, 6.07) is 5.75. The van der Waals surface area contributed by atoms with E-state index in [0.29, 0.717) is 12.8 Å². The van der Waals surface area contributed by atoms with Crippen molar-refractivity contribution < 1.29 is 33.9 Å². The number of rotatable bonds is 8. The second kappa shape index (κ2) is 10.7. The summed E-state index contributed by atoms with van der Waals surface area (Å²) >= 11 is 0. The summed E-state index contributed by atoms with van der Waals surface area (Å²) in [7, 11) is 0. The SMILES string of the molecule is C[C@H](NC(=O)[C@]1(C)NC(=O)CCC1=O)C(=O)N1CCC[C@H]1C(=O)N[C@@H](Cc1ccccc1)C(=O)O. The van der Waals surface area contributed by atoms with Gasteiger partial charge in [0.25, 0.3) is 5.91 Å². The first-order valence-electron chi connectivity index (χ1n) is 11.6. The number of hydrogen-bond donors (Lipinski definition) is 4. The first-order valence-corrected chi connectivity index (χ1v) is 11.6. The van der Waals surface area contributed by atoms with Crippen LogP contribution in [0.3, 0.4) is 0 Å². The molecule has 0 bridgehead atoms. The van der Waals surface area contributed by atoms with Gasteiger partial charge in [-0.3, -0.25) is 24.0 Å². The zero-order valence-corrected chi connectivity index (χ0v) is 19.7. The second-order valence-corrected chi connectivity index (χ2v) is 9.07. The van der Waals surface area contributed by atoms with Crippen LogP contribution < -0.4 is 16.0 Å². The van der Waals surface area contributed by atoms with Crippen molar-refractivity contribution in [1.82, 2.24) is 20.9 Å². The molecule has 2 aliphatic rings. The van der Waals surface area contributed by atoms with E-state index < -0.39 is 59.0 Å². The minimum atomic E-state index is -1.77. The van der Waals surface area contributed by atoms with Crippen LogP contribution in [0.2, 0.25) is 0 Å². The van der Waals surface area contributed by atoms with Crippen LogP contribution in [0, 0.1) is 0 Å². The molecule has 4 amide bonds. The third-order valence-corrected chi connectivity index (χ3v) is 6.43. The summed E-state index contributed by atoms with van der Waals surface area (Å²) in [5.41, 5.74) is -1.02. The number of nitrogens with one attached hydrogen (secondary N) is 3. The maximum atomic E-state index is 13.1. The second-order valence-electron chi connectivity index (χ2n) is 9.07. The van der Waals surface area contributed by atoms with Crippen molar-refractivity contribution in [2.45, 2.75) is 69.6 Å². The smallest absolute Gasteiger partial charge is 0.326 e. The van der Waals surface area contributed by atoms with Crippen LogP contribution >= 0.6 is 0 Å². The van der Waals surface area contributed by atoms with Gasteiger partial charge in [0.1, 0.15) is 18.1 Å². The molecule has 35 heavy (non-hydrogen) atoms. The van der Waals surface area contributed by atoms with Gasteiger partial charge in [-0.05, 0) is 32.3 Å². The lowest BCUT2D eigenvalue weighted by molar-refractivity contribution is -0.147. The molecular weight excluding hydrogens is 456 g/mol. The molecule has 1 aromatic carbocycles. The van der Waals surface area contributed by atoms with Gasteiger partial charge in [-0.1, -0.05) is 30.3 Å². The van der Waals surface area contributed by atoms with Gasteiger partial charge in [0.2, 0.25) is 17.7 Å². The quantitative estimate of drug-likeness (QED) is 0.361. The van der Waals surface area contributed by atoms with Crippen molar-refractivity contribution in [2.75, 3.05) is 6.54 Å². The van der Waals surface area contributed by atoms with E-state index in [2.05, 4.69) is 16.0 Å². The molecular formula is C24H30N4O7.